The van der Waals surface area contributed by atoms with E-state index in [-0.39, 0.29) is 5.41 Å². The molecule has 0 N–H and O–H groups in total. The van der Waals surface area contributed by atoms with Crippen molar-refractivity contribution in [3.05, 3.63) is 145 Å². The van der Waals surface area contributed by atoms with Crippen LogP contribution < -0.4 is 0 Å². The standard InChI is InChI=1S/C39H30/c1-5-26-27(6-2)38-32-22-14-15-23-34(32)39(3,4)35(38)24-33(26)37-30-20-12-10-18-28(30)36(25-16-8-7-9-17-25)29-19-11-13-21-31(29)37/h5-24H,1-2H2,3-4H3. The maximum Gasteiger partial charge on any atom is 0.0159 e. The molecule has 0 saturated heterocycles. The van der Waals surface area contributed by atoms with Gasteiger partial charge in [0.25, 0.3) is 0 Å². The molecule has 0 radical (unpaired) electrons. The van der Waals surface area contributed by atoms with Crippen molar-refractivity contribution in [3.8, 4) is 33.4 Å². The average molecular weight is 499 g/mol. The van der Waals surface area contributed by atoms with Crippen LogP contribution in [0.5, 0.6) is 0 Å². The van der Waals surface area contributed by atoms with Gasteiger partial charge in [-0.05, 0) is 83.2 Å². The van der Waals surface area contributed by atoms with Crippen LogP contribution in [0.2, 0.25) is 0 Å². The smallest absolute Gasteiger partial charge is 0.0159 e. The highest BCUT2D eigenvalue weighted by atomic mass is 14.4. The molecule has 0 amide bonds. The quantitative estimate of drug-likeness (QED) is 0.212. The normalized spacial score (nSPS) is 13.3. The summed E-state index contributed by atoms with van der Waals surface area (Å²) in [5.41, 5.74) is 12.5. The van der Waals surface area contributed by atoms with Gasteiger partial charge in [0.05, 0.1) is 0 Å². The maximum atomic E-state index is 4.32. The van der Waals surface area contributed by atoms with Crippen LogP contribution in [0.1, 0.15) is 36.1 Å². The molecule has 186 valence electrons. The van der Waals surface area contributed by atoms with Gasteiger partial charge >= 0.3 is 0 Å². The van der Waals surface area contributed by atoms with Gasteiger partial charge in [-0.3, -0.25) is 0 Å². The number of hydrogen-bond donors (Lipinski definition) is 0. The zero-order valence-corrected chi connectivity index (χ0v) is 22.5. The molecule has 1 aliphatic carbocycles. The van der Waals surface area contributed by atoms with E-state index in [2.05, 4.69) is 136 Å². The van der Waals surface area contributed by atoms with E-state index >= 15 is 0 Å². The summed E-state index contributed by atoms with van der Waals surface area (Å²) in [7, 11) is 0. The van der Waals surface area contributed by atoms with Crippen LogP contribution in [0.3, 0.4) is 0 Å². The molecule has 6 aromatic carbocycles. The predicted octanol–water partition coefficient (Wildman–Crippen LogP) is 10.9. The summed E-state index contributed by atoms with van der Waals surface area (Å²) in [6.07, 6.45) is 4.05. The van der Waals surface area contributed by atoms with E-state index in [0.29, 0.717) is 0 Å². The topological polar surface area (TPSA) is 0 Å². The highest BCUT2D eigenvalue weighted by Crippen LogP contribution is 2.54. The fourth-order valence-corrected chi connectivity index (χ4v) is 6.87. The van der Waals surface area contributed by atoms with Crippen molar-refractivity contribution in [2.24, 2.45) is 0 Å². The Morgan fingerprint density at radius 1 is 0.487 bits per heavy atom. The van der Waals surface area contributed by atoms with Crippen molar-refractivity contribution in [3.63, 3.8) is 0 Å². The number of hydrogen-bond acceptors (Lipinski definition) is 0. The van der Waals surface area contributed by atoms with E-state index in [1.54, 1.807) is 0 Å². The minimum Gasteiger partial charge on any atom is -0.0984 e. The Morgan fingerprint density at radius 2 is 1.00 bits per heavy atom. The Kier molecular flexibility index (Phi) is 5.22. The molecule has 7 rings (SSSR count). The molecule has 0 spiro atoms. The first kappa shape index (κ1) is 23.4. The lowest BCUT2D eigenvalue weighted by Crippen LogP contribution is -2.15. The summed E-state index contributed by atoms with van der Waals surface area (Å²) < 4.78 is 0. The van der Waals surface area contributed by atoms with Gasteiger partial charge in [-0.1, -0.05) is 142 Å². The van der Waals surface area contributed by atoms with Gasteiger partial charge in [-0.2, -0.15) is 0 Å². The van der Waals surface area contributed by atoms with E-state index in [9.17, 15) is 0 Å². The van der Waals surface area contributed by atoms with E-state index in [1.807, 2.05) is 12.2 Å². The van der Waals surface area contributed by atoms with E-state index in [1.165, 1.54) is 66.1 Å². The van der Waals surface area contributed by atoms with Gasteiger partial charge in [0.15, 0.2) is 0 Å². The van der Waals surface area contributed by atoms with Crippen LogP contribution in [0, 0.1) is 0 Å². The van der Waals surface area contributed by atoms with E-state index in [4.69, 9.17) is 0 Å². The van der Waals surface area contributed by atoms with Crippen LogP contribution in [0.4, 0.5) is 0 Å². The monoisotopic (exact) mass is 498 g/mol. The summed E-state index contributed by atoms with van der Waals surface area (Å²) >= 11 is 0. The van der Waals surface area contributed by atoms with Crippen LogP contribution in [-0.4, -0.2) is 0 Å². The minimum absolute atomic E-state index is 0.117. The summed E-state index contributed by atoms with van der Waals surface area (Å²) in [6, 6.07) is 39.7. The van der Waals surface area contributed by atoms with Gasteiger partial charge in [-0.15, -0.1) is 0 Å². The maximum absolute atomic E-state index is 4.32. The molecule has 39 heavy (non-hydrogen) atoms. The molecule has 0 bridgehead atoms. The highest BCUT2D eigenvalue weighted by Gasteiger charge is 2.38. The minimum atomic E-state index is -0.117. The van der Waals surface area contributed by atoms with Gasteiger partial charge in [0, 0.05) is 5.41 Å². The van der Waals surface area contributed by atoms with Gasteiger partial charge in [-0.25, -0.2) is 0 Å². The molecule has 0 saturated carbocycles. The molecule has 0 fully saturated rings. The van der Waals surface area contributed by atoms with Gasteiger partial charge in [0.1, 0.15) is 0 Å². The zero-order chi connectivity index (χ0) is 26.7. The van der Waals surface area contributed by atoms with Crippen LogP contribution >= 0.6 is 0 Å². The second-order valence-electron chi connectivity index (χ2n) is 11.0. The lowest BCUT2D eigenvalue weighted by Gasteiger charge is -2.25. The molecule has 0 aromatic heterocycles. The van der Waals surface area contributed by atoms with Crippen molar-refractivity contribution in [2.45, 2.75) is 19.3 Å². The molecule has 0 unspecified atom stereocenters. The number of fused-ring (bicyclic) bond motifs is 5. The Bertz CT molecular complexity index is 1890. The van der Waals surface area contributed by atoms with Crippen molar-refractivity contribution < 1.29 is 0 Å². The van der Waals surface area contributed by atoms with Crippen molar-refractivity contribution in [1.29, 1.82) is 0 Å². The van der Waals surface area contributed by atoms with E-state index < -0.39 is 0 Å². The molecular formula is C39H30. The van der Waals surface area contributed by atoms with Crippen molar-refractivity contribution >= 4 is 33.7 Å². The number of rotatable bonds is 4. The first-order valence-corrected chi connectivity index (χ1v) is 13.6. The fourth-order valence-electron chi connectivity index (χ4n) is 6.87. The Labute approximate surface area is 230 Å². The molecule has 0 aliphatic heterocycles. The second kappa shape index (κ2) is 8.68. The summed E-state index contributed by atoms with van der Waals surface area (Å²) in [4.78, 5) is 0. The lowest BCUT2D eigenvalue weighted by molar-refractivity contribution is 0.660. The zero-order valence-electron chi connectivity index (χ0n) is 22.5. The molecule has 1 aliphatic rings. The molecule has 0 atom stereocenters. The van der Waals surface area contributed by atoms with E-state index in [0.717, 1.165) is 11.1 Å². The Hall–Kier alpha value is -4.68. The predicted molar refractivity (Wildman–Crippen MR) is 170 cm³/mol. The SMILES string of the molecule is C=Cc1c(-c2c3ccccc3c(-c3ccccc3)c3ccccc23)cc2c(c1C=C)-c1ccccc1C2(C)C. The third-order valence-electron chi connectivity index (χ3n) is 8.62. The fraction of sp³-hybridized carbons (Fsp3) is 0.0769. The largest absolute Gasteiger partial charge is 0.0984 e. The second-order valence-corrected chi connectivity index (χ2v) is 11.0. The number of benzene rings is 6. The molecular weight excluding hydrogens is 468 g/mol. The highest BCUT2D eigenvalue weighted by molar-refractivity contribution is 6.22. The molecule has 6 aromatic rings. The first-order chi connectivity index (χ1) is 19.1. The van der Waals surface area contributed by atoms with Crippen molar-refractivity contribution in [2.75, 3.05) is 0 Å². The first-order valence-electron chi connectivity index (χ1n) is 13.6. The van der Waals surface area contributed by atoms with Crippen LogP contribution in [-0.2, 0) is 5.41 Å². The average Bonchev–Trinajstić information content (AvgIpc) is 3.21. The summed E-state index contributed by atoms with van der Waals surface area (Å²) in [5.74, 6) is 0. The Morgan fingerprint density at radius 3 is 1.59 bits per heavy atom. The van der Waals surface area contributed by atoms with Gasteiger partial charge < -0.3 is 0 Å². The van der Waals surface area contributed by atoms with Crippen LogP contribution in [0.25, 0.3) is 67.1 Å². The van der Waals surface area contributed by atoms with Gasteiger partial charge in [0.2, 0.25) is 0 Å². The molecule has 0 heterocycles. The third-order valence-corrected chi connectivity index (χ3v) is 8.62. The lowest BCUT2D eigenvalue weighted by atomic mass is 9.78. The summed E-state index contributed by atoms with van der Waals surface area (Å²) in [5, 5.41) is 5.02. The third kappa shape index (κ3) is 3.25. The molecule has 0 heteroatoms. The molecule has 0 nitrogen and oxygen atoms in total. The van der Waals surface area contributed by atoms with Crippen molar-refractivity contribution in [1.82, 2.24) is 0 Å². The Balaban J connectivity index is 1.67. The summed E-state index contributed by atoms with van der Waals surface area (Å²) in [6.45, 7) is 13.3. The van der Waals surface area contributed by atoms with Crippen LogP contribution in [0.15, 0.2) is 122 Å².